The van der Waals surface area contributed by atoms with E-state index in [0.717, 1.165) is 18.8 Å². The molecule has 0 aromatic heterocycles. The van der Waals surface area contributed by atoms with Crippen LogP contribution in [0.25, 0.3) is 0 Å². The van der Waals surface area contributed by atoms with E-state index in [1.54, 1.807) is 0 Å². The number of amides is 2. The average Bonchev–Trinajstić information content (AvgIpc) is 3.48. The second kappa shape index (κ2) is 6.10. The van der Waals surface area contributed by atoms with Crippen molar-refractivity contribution >= 4 is 11.8 Å². The summed E-state index contributed by atoms with van der Waals surface area (Å²) in [7, 11) is 0. The van der Waals surface area contributed by atoms with Gasteiger partial charge in [0.1, 0.15) is 0 Å². The highest BCUT2D eigenvalue weighted by Crippen LogP contribution is 2.39. The van der Waals surface area contributed by atoms with Crippen molar-refractivity contribution in [2.75, 3.05) is 6.54 Å². The lowest BCUT2D eigenvalue weighted by molar-refractivity contribution is -0.139. The van der Waals surface area contributed by atoms with Crippen LogP contribution in [0.3, 0.4) is 0 Å². The van der Waals surface area contributed by atoms with Gasteiger partial charge >= 0.3 is 0 Å². The zero-order chi connectivity index (χ0) is 16.0. The van der Waals surface area contributed by atoms with Gasteiger partial charge in [0.05, 0.1) is 5.92 Å². The Morgan fingerprint density at radius 1 is 1.04 bits per heavy atom. The lowest BCUT2D eigenvalue weighted by atomic mass is 9.83. The van der Waals surface area contributed by atoms with E-state index in [-0.39, 0.29) is 11.8 Å². The van der Waals surface area contributed by atoms with E-state index in [1.807, 2.05) is 4.90 Å². The fourth-order valence-corrected chi connectivity index (χ4v) is 4.69. The van der Waals surface area contributed by atoms with Crippen LogP contribution in [0.2, 0.25) is 0 Å². The number of carbonyl (C=O) groups excluding carboxylic acids is 2. The highest BCUT2D eigenvalue weighted by molar-refractivity contribution is 5.90. The summed E-state index contributed by atoms with van der Waals surface area (Å²) in [6.45, 7) is 2.97. The molecule has 4 rings (SSSR count). The fourth-order valence-electron chi connectivity index (χ4n) is 4.69. The van der Waals surface area contributed by atoms with E-state index in [1.165, 1.54) is 44.9 Å². The molecule has 1 aliphatic heterocycles. The van der Waals surface area contributed by atoms with Crippen molar-refractivity contribution < 1.29 is 9.59 Å². The van der Waals surface area contributed by atoms with Crippen molar-refractivity contribution in [2.45, 2.75) is 89.3 Å². The Morgan fingerprint density at radius 2 is 1.65 bits per heavy atom. The molecular formula is C19H30N2O2. The molecule has 128 valence electrons. The molecule has 3 aliphatic carbocycles. The third-order valence-electron chi connectivity index (χ3n) is 6.48. The molecule has 23 heavy (non-hydrogen) atoms. The van der Waals surface area contributed by atoms with Gasteiger partial charge in [-0.3, -0.25) is 9.59 Å². The predicted octanol–water partition coefficient (Wildman–Crippen LogP) is 2.96. The number of carbonyl (C=O) groups is 2. The van der Waals surface area contributed by atoms with Crippen LogP contribution in [0.1, 0.15) is 71.1 Å². The Kier molecular flexibility index (Phi) is 4.10. The smallest absolute Gasteiger partial charge is 0.228 e. The first kappa shape index (κ1) is 15.5. The summed E-state index contributed by atoms with van der Waals surface area (Å²) in [6, 6.07) is 1.38. The number of hydrogen-bond donors (Lipinski definition) is 0. The van der Waals surface area contributed by atoms with Crippen molar-refractivity contribution in [2.24, 2.45) is 11.8 Å². The van der Waals surface area contributed by atoms with E-state index in [2.05, 4.69) is 11.8 Å². The van der Waals surface area contributed by atoms with Crippen molar-refractivity contribution in [1.29, 1.82) is 0 Å². The molecule has 4 fully saturated rings. The minimum Gasteiger partial charge on any atom is -0.339 e. The van der Waals surface area contributed by atoms with Crippen LogP contribution in [0.4, 0.5) is 0 Å². The first-order valence-corrected chi connectivity index (χ1v) is 9.79. The number of likely N-dealkylation sites (tertiary alicyclic amines) is 1. The van der Waals surface area contributed by atoms with Crippen LogP contribution in [0, 0.1) is 11.8 Å². The normalized spacial score (nSPS) is 34.7. The van der Waals surface area contributed by atoms with Gasteiger partial charge in [0.2, 0.25) is 11.8 Å². The summed E-state index contributed by atoms with van der Waals surface area (Å²) in [5.74, 6) is 1.31. The summed E-state index contributed by atoms with van der Waals surface area (Å²) < 4.78 is 0. The van der Waals surface area contributed by atoms with Gasteiger partial charge in [-0.05, 0) is 57.3 Å². The number of hydrogen-bond acceptors (Lipinski definition) is 2. The van der Waals surface area contributed by atoms with Crippen molar-refractivity contribution in [1.82, 2.24) is 9.80 Å². The monoisotopic (exact) mass is 318 g/mol. The third-order valence-corrected chi connectivity index (χ3v) is 6.48. The molecular weight excluding hydrogens is 288 g/mol. The lowest BCUT2D eigenvalue weighted by Gasteiger charge is -2.38. The number of rotatable bonds is 5. The van der Waals surface area contributed by atoms with E-state index >= 15 is 0 Å². The molecule has 1 atom stereocenters. The maximum atomic E-state index is 13.2. The standard InChI is InChI=1S/C19H30N2O2/c1-2-13-3-5-16(6-4-13)21(17-9-10-17)19(23)14-11-18(22)20(12-14)15-7-8-15/h13-17H,2-12H2,1H3/t13?,14-,16?/m0/s1. The van der Waals surface area contributed by atoms with E-state index in [9.17, 15) is 9.59 Å². The largest absolute Gasteiger partial charge is 0.339 e. The number of nitrogens with zero attached hydrogens (tertiary/aromatic N) is 2. The summed E-state index contributed by atoms with van der Waals surface area (Å²) >= 11 is 0. The summed E-state index contributed by atoms with van der Waals surface area (Å²) in [5, 5.41) is 0. The van der Waals surface area contributed by atoms with Gasteiger partial charge in [-0.15, -0.1) is 0 Å². The Bertz CT molecular complexity index is 476. The zero-order valence-corrected chi connectivity index (χ0v) is 14.4. The highest BCUT2D eigenvalue weighted by Gasteiger charge is 2.46. The molecule has 4 nitrogen and oxygen atoms in total. The molecule has 0 bridgehead atoms. The first-order valence-electron chi connectivity index (χ1n) is 9.79. The van der Waals surface area contributed by atoms with Crippen LogP contribution in [0.5, 0.6) is 0 Å². The van der Waals surface area contributed by atoms with E-state index < -0.39 is 0 Å². The molecule has 4 heteroatoms. The minimum atomic E-state index is -0.0624. The van der Waals surface area contributed by atoms with Gasteiger partial charge in [0.15, 0.2) is 0 Å². The van der Waals surface area contributed by atoms with Gasteiger partial charge in [-0.1, -0.05) is 13.3 Å². The maximum absolute atomic E-state index is 13.2. The molecule has 1 saturated heterocycles. The Hall–Kier alpha value is -1.06. The average molecular weight is 318 g/mol. The predicted molar refractivity (Wildman–Crippen MR) is 88.7 cm³/mol. The molecule has 0 radical (unpaired) electrons. The summed E-state index contributed by atoms with van der Waals surface area (Å²) in [4.78, 5) is 29.6. The van der Waals surface area contributed by atoms with Gasteiger partial charge in [-0.2, -0.15) is 0 Å². The lowest BCUT2D eigenvalue weighted by Crippen LogP contribution is -2.47. The third kappa shape index (κ3) is 3.14. The second-order valence-electron chi connectivity index (χ2n) is 8.24. The van der Waals surface area contributed by atoms with Crippen LogP contribution in [-0.4, -0.2) is 46.3 Å². The van der Waals surface area contributed by atoms with Gasteiger partial charge in [0, 0.05) is 31.1 Å². The SMILES string of the molecule is CCC1CCC(N(C(=O)[C@H]2CC(=O)N(C3CC3)C2)C2CC2)CC1. The van der Waals surface area contributed by atoms with Crippen molar-refractivity contribution in [3.8, 4) is 0 Å². The summed E-state index contributed by atoms with van der Waals surface area (Å²) in [5.41, 5.74) is 0. The van der Waals surface area contributed by atoms with E-state index in [4.69, 9.17) is 0 Å². The van der Waals surface area contributed by atoms with Crippen LogP contribution in [0.15, 0.2) is 0 Å². The van der Waals surface area contributed by atoms with Crippen molar-refractivity contribution in [3.05, 3.63) is 0 Å². The first-order chi connectivity index (χ1) is 11.2. The van der Waals surface area contributed by atoms with Gasteiger partial charge < -0.3 is 9.80 Å². The molecule has 0 spiro atoms. The second-order valence-corrected chi connectivity index (χ2v) is 8.24. The van der Waals surface area contributed by atoms with Crippen LogP contribution >= 0.6 is 0 Å². The quantitative estimate of drug-likeness (QED) is 0.782. The fraction of sp³-hybridized carbons (Fsp3) is 0.895. The highest BCUT2D eigenvalue weighted by atomic mass is 16.2. The zero-order valence-electron chi connectivity index (χ0n) is 14.4. The van der Waals surface area contributed by atoms with Crippen LogP contribution < -0.4 is 0 Å². The maximum Gasteiger partial charge on any atom is 0.228 e. The summed E-state index contributed by atoms with van der Waals surface area (Å²) in [6.07, 6.45) is 11.3. The van der Waals surface area contributed by atoms with Gasteiger partial charge in [0.25, 0.3) is 0 Å². The van der Waals surface area contributed by atoms with Gasteiger partial charge in [-0.25, -0.2) is 0 Å². The Labute approximate surface area is 139 Å². The molecule has 0 aromatic rings. The van der Waals surface area contributed by atoms with E-state index in [0.29, 0.717) is 37.0 Å². The van der Waals surface area contributed by atoms with Crippen LogP contribution in [-0.2, 0) is 9.59 Å². The molecule has 4 aliphatic rings. The molecule has 0 unspecified atom stereocenters. The molecule has 3 saturated carbocycles. The molecule has 1 heterocycles. The van der Waals surface area contributed by atoms with Crippen molar-refractivity contribution in [3.63, 3.8) is 0 Å². The molecule has 0 aromatic carbocycles. The topological polar surface area (TPSA) is 40.6 Å². The Morgan fingerprint density at radius 3 is 2.17 bits per heavy atom. The minimum absolute atomic E-state index is 0.0624. The molecule has 0 N–H and O–H groups in total. The Balaban J connectivity index is 1.41. The molecule has 2 amide bonds.